The molecule has 2 aliphatic heterocycles. The lowest BCUT2D eigenvalue weighted by molar-refractivity contribution is -0.219. The van der Waals surface area contributed by atoms with Crippen LogP contribution in [0.2, 0.25) is 0 Å². The van der Waals surface area contributed by atoms with Gasteiger partial charge in [0.2, 0.25) is 6.29 Å². The molecule has 0 N–H and O–H groups in total. The number of rotatable bonds is 1. The van der Waals surface area contributed by atoms with E-state index in [0.29, 0.717) is 0 Å². The van der Waals surface area contributed by atoms with Crippen LogP contribution in [0.1, 0.15) is 13.8 Å². The zero-order chi connectivity index (χ0) is 9.59. The molecular weight excluding hydrogens is 172 g/mol. The smallest absolute Gasteiger partial charge is 0.313 e. The molecule has 0 spiro atoms. The van der Waals surface area contributed by atoms with Crippen LogP contribution in [0, 0.1) is 11.8 Å². The summed E-state index contributed by atoms with van der Waals surface area (Å²) in [5, 5.41) is 0. The van der Waals surface area contributed by atoms with Gasteiger partial charge in [0, 0.05) is 13.0 Å². The number of ether oxygens (including phenoxy) is 3. The van der Waals surface area contributed by atoms with E-state index in [0.717, 1.165) is 0 Å². The van der Waals surface area contributed by atoms with Gasteiger partial charge in [0.05, 0.1) is 12.0 Å². The van der Waals surface area contributed by atoms with Gasteiger partial charge in [-0.05, 0) is 6.92 Å². The van der Waals surface area contributed by atoms with Gasteiger partial charge in [-0.2, -0.15) is 0 Å². The zero-order valence-electron chi connectivity index (χ0n) is 8.02. The van der Waals surface area contributed by atoms with Crippen molar-refractivity contribution in [2.75, 3.05) is 7.11 Å². The van der Waals surface area contributed by atoms with Crippen molar-refractivity contribution in [1.82, 2.24) is 0 Å². The van der Waals surface area contributed by atoms with Gasteiger partial charge in [-0.15, -0.1) is 0 Å². The Hall–Kier alpha value is -0.610. The van der Waals surface area contributed by atoms with Gasteiger partial charge in [-0.3, -0.25) is 4.79 Å². The van der Waals surface area contributed by atoms with Crippen LogP contribution in [-0.2, 0) is 19.0 Å². The summed E-state index contributed by atoms with van der Waals surface area (Å²) in [5.74, 6) is -0.129. The quantitative estimate of drug-likeness (QED) is 0.561. The minimum Gasteiger partial charge on any atom is -0.433 e. The third-order valence-corrected chi connectivity index (χ3v) is 2.96. The van der Waals surface area contributed by atoms with Gasteiger partial charge in [-0.25, -0.2) is 0 Å². The zero-order valence-corrected chi connectivity index (χ0v) is 8.02. The van der Waals surface area contributed by atoms with E-state index >= 15 is 0 Å². The Balaban J connectivity index is 2.22. The topological polar surface area (TPSA) is 44.8 Å². The minimum atomic E-state index is -0.492. The Bertz CT molecular complexity index is 228. The third-order valence-electron chi connectivity index (χ3n) is 2.96. The van der Waals surface area contributed by atoms with Crippen molar-refractivity contribution >= 4 is 5.97 Å². The number of fused-ring (bicyclic) bond motifs is 2. The highest BCUT2D eigenvalue weighted by Gasteiger charge is 2.52. The van der Waals surface area contributed by atoms with Crippen LogP contribution in [-0.4, -0.2) is 31.6 Å². The molecule has 0 saturated carbocycles. The summed E-state index contributed by atoms with van der Waals surface area (Å²) in [6, 6.07) is 0. The molecule has 0 aromatic carbocycles. The molecule has 0 aromatic rings. The molecule has 0 radical (unpaired) electrons. The molecule has 2 aliphatic rings. The predicted molar refractivity (Wildman–Crippen MR) is 43.9 cm³/mol. The lowest BCUT2D eigenvalue weighted by Gasteiger charge is -2.26. The fourth-order valence-corrected chi connectivity index (χ4v) is 2.14. The molecule has 13 heavy (non-hydrogen) atoms. The van der Waals surface area contributed by atoms with Gasteiger partial charge in [0.15, 0.2) is 0 Å². The molecule has 0 aromatic heterocycles. The van der Waals surface area contributed by atoms with Gasteiger partial charge >= 0.3 is 5.97 Å². The lowest BCUT2D eigenvalue weighted by Crippen LogP contribution is -2.37. The molecular formula is C9H14O4. The maximum atomic E-state index is 11.3. The van der Waals surface area contributed by atoms with E-state index in [1.165, 1.54) is 0 Å². The average molecular weight is 186 g/mol. The molecule has 2 bridgehead atoms. The molecule has 0 amide bonds. The molecule has 0 aliphatic carbocycles. The van der Waals surface area contributed by atoms with Crippen molar-refractivity contribution in [1.29, 1.82) is 0 Å². The Morgan fingerprint density at radius 1 is 1.38 bits per heavy atom. The largest absolute Gasteiger partial charge is 0.433 e. The highest BCUT2D eigenvalue weighted by Crippen LogP contribution is 2.38. The first-order valence-corrected chi connectivity index (χ1v) is 4.54. The Morgan fingerprint density at radius 2 is 2.08 bits per heavy atom. The van der Waals surface area contributed by atoms with E-state index in [1.807, 2.05) is 13.8 Å². The summed E-state index contributed by atoms with van der Waals surface area (Å²) in [6.45, 7) is 3.86. The number of methoxy groups -OCH3 is 1. The van der Waals surface area contributed by atoms with Crippen molar-refractivity contribution in [3.8, 4) is 0 Å². The standard InChI is InChI=1S/C9H14O4/c1-4-6-5(2)8(10)13-9(12-6)7(4)11-3/h4-7,9H,1-3H3/t4-,5+,6+,7+,9+/m0/s1. The molecule has 2 heterocycles. The van der Waals surface area contributed by atoms with Gasteiger partial charge in [0.25, 0.3) is 0 Å². The number of carbonyl (C=O) groups is 1. The molecule has 2 saturated heterocycles. The number of carbonyl (C=O) groups excluding carboxylic acids is 1. The first-order chi connectivity index (χ1) is 6.15. The second kappa shape index (κ2) is 2.96. The summed E-state index contributed by atoms with van der Waals surface area (Å²) in [7, 11) is 1.61. The Morgan fingerprint density at radius 3 is 2.69 bits per heavy atom. The van der Waals surface area contributed by atoms with E-state index in [-0.39, 0.29) is 30.0 Å². The van der Waals surface area contributed by atoms with E-state index < -0.39 is 6.29 Å². The molecule has 0 unspecified atom stereocenters. The summed E-state index contributed by atoms with van der Waals surface area (Å²) in [6.07, 6.45) is -0.649. The summed E-state index contributed by atoms with van der Waals surface area (Å²) in [4.78, 5) is 11.3. The second-order valence-corrected chi connectivity index (χ2v) is 3.75. The van der Waals surface area contributed by atoms with Crippen molar-refractivity contribution < 1.29 is 19.0 Å². The Kier molecular flexibility index (Phi) is 2.04. The minimum absolute atomic E-state index is 0.0452. The normalized spacial score (nSPS) is 49.2. The summed E-state index contributed by atoms with van der Waals surface area (Å²) in [5.41, 5.74) is 0. The van der Waals surface area contributed by atoms with Crippen molar-refractivity contribution in [3.63, 3.8) is 0 Å². The summed E-state index contributed by atoms with van der Waals surface area (Å²) >= 11 is 0. The van der Waals surface area contributed by atoms with Crippen LogP contribution in [0.4, 0.5) is 0 Å². The van der Waals surface area contributed by atoms with Gasteiger partial charge in [-0.1, -0.05) is 6.92 Å². The van der Waals surface area contributed by atoms with Crippen LogP contribution < -0.4 is 0 Å². The second-order valence-electron chi connectivity index (χ2n) is 3.75. The van der Waals surface area contributed by atoms with Crippen LogP contribution in [0.15, 0.2) is 0 Å². The molecule has 4 heteroatoms. The van der Waals surface area contributed by atoms with Crippen LogP contribution >= 0.6 is 0 Å². The van der Waals surface area contributed by atoms with Crippen LogP contribution in [0.5, 0.6) is 0 Å². The van der Waals surface area contributed by atoms with Crippen molar-refractivity contribution in [2.24, 2.45) is 11.8 Å². The van der Waals surface area contributed by atoms with Gasteiger partial charge < -0.3 is 14.2 Å². The van der Waals surface area contributed by atoms with E-state index in [1.54, 1.807) is 7.11 Å². The van der Waals surface area contributed by atoms with Crippen molar-refractivity contribution in [3.05, 3.63) is 0 Å². The SMILES string of the molecule is CO[C@H]1[C@H]2OC(=O)[C@H](C)[C@H](O2)[C@@H]1C. The van der Waals surface area contributed by atoms with Crippen molar-refractivity contribution in [2.45, 2.75) is 32.3 Å². The Labute approximate surface area is 77.1 Å². The monoisotopic (exact) mass is 186 g/mol. The van der Waals surface area contributed by atoms with E-state index in [2.05, 4.69) is 0 Å². The lowest BCUT2D eigenvalue weighted by atomic mass is 9.93. The summed E-state index contributed by atoms with van der Waals surface area (Å²) < 4.78 is 15.8. The fourth-order valence-electron chi connectivity index (χ4n) is 2.14. The maximum absolute atomic E-state index is 11.3. The van der Waals surface area contributed by atoms with Crippen LogP contribution in [0.3, 0.4) is 0 Å². The molecule has 4 nitrogen and oxygen atoms in total. The molecule has 2 fully saturated rings. The predicted octanol–water partition coefficient (Wildman–Crippen LogP) is 0.555. The first kappa shape index (κ1) is 8.97. The number of hydrogen-bond donors (Lipinski definition) is 0. The third kappa shape index (κ3) is 1.16. The van der Waals surface area contributed by atoms with E-state index in [9.17, 15) is 4.79 Å². The molecule has 2 rings (SSSR count). The molecule has 74 valence electrons. The highest BCUT2D eigenvalue weighted by atomic mass is 16.7. The number of esters is 1. The van der Waals surface area contributed by atoms with E-state index in [4.69, 9.17) is 14.2 Å². The average Bonchev–Trinajstić information content (AvgIpc) is 2.36. The number of hydrogen-bond acceptors (Lipinski definition) is 4. The molecule has 5 atom stereocenters. The fraction of sp³-hybridized carbons (Fsp3) is 0.889. The first-order valence-electron chi connectivity index (χ1n) is 4.54. The van der Waals surface area contributed by atoms with Crippen LogP contribution in [0.25, 0.3) is 0 Å². The maximum Gasteiger partial charge on any atom is 0.313 e. The van der Waals surface area contributed by atoms with Gasteiger partial charge in [0.1, 0.15) is 6.10 Å². The highest BCUT2D eigenvalue weighted by molar-refractivity contribution is 5.74.